The Morgan fingerprint density at radius 3 is 2.71 bits per heavy atom. The molecule has 0 saturated heterocycles. The molecule has 5 rings (SSSR count). The number of nitrogens with zero attached hydrogens (tertiary/aromatic N) is 3. The lowest BCUT2D eigenvalue weighted by Crippen LogP contribution is -2.41. The van der Waals surface area contributed by atoms with Crippen LogP contribution in [0.1, 0.15) is 17.5 Å². The number of carbonyl (C=O) groups is 1. The van der Waals surface area contributed by atoms with Crippen molar-refractivity contribution in [3.8, 4) is 5.75 Å². The predicted molar refractivity (Wildman–Crippen MR) is 135 cm³/mol. The van der Waals surface area contributed by atoms with Gasteiger partial charge < -0.3 is 31.1 Å². The highest BCUT2D eigenvalue weighted by Gasteiger charge is 2.47. The quantitative estimate of drug-likeness (QED) is 0.409. The number of ether oxygens (including phenoxy) is 1. The molecule has 0 spiro atoms. The molecule has 9 nitrogen and oxygen atoms in total. The summed E-state index contributed by atoms with van der Waals surface area (Å²) in [6.07, 6.45) is 8.45. The molecule has 0 unspecified atom stereocenters. The molecule has 3 aliphatic rings. The van der Waals surface area contributed by atoms with E-state index < -0.39 is 0 Å². The number of amides is 1. The number of aromatic nitrogens is 2. The molecule has 4 atom stereocenters. The lowest BCUT2D eigenvalue weighted by atomic mass is 9.88. The van der Waals surface area contributed by atoms with Crippen LogP contribution in [-0.2, 0) is 17.6 Å². The van der Waals surface area contributed by atoms with Gasteiger partial charge in [-0.25, -0.2) is 4.98 Å². The minimum Gasteiger partial charge on any atom is -0.495 e. The van der Waals surface area contributed by atoms with Crippen LogP contribution in [0.4, 0.5) is 17.5 Å². The molecule has 1 amide bonds. The van der Waals surface area contributed by atoms with Gasteiger partial charge in [0.1, 0.15) is 10.8 Å². The maximum Gasteiger partial charge on any atom is 0.229 e. The number of hydrogen-bond acceptors (Lipinski definition) is 8. The van der Waals surface area contributed by atoms with E-state index in [1.165, 1.54) is 11.1 Å². The summed E-state index contributed by atoms with van der Waals surface area (Å²) in [5.74, 6) is 1.33. The molecule has 35 heavy (non-hydrogen) atoms. The monoisotopic (exact) mass is 498 g/mol. The van der Waals surface area contributed by atoms with Gasteiger partial charge in [0.05, 0.1) is 31.5 Å². The third-order valence-corrected chi connectivity index (χ3v) is 7.69. The van der Waals surface area contributed by atoms with Crippen molar-refractivity contribution in [1.29, 1.82) is 0 Å². The summed E-state index contributed by atoms with van der Waals surface area (Å²) < 4.78 is 5.66. The van der Waals surface area contributed by atoms with Crippen molar-refractivity contribution >= 4 is 35.0 Å². The van der Waals surface area contributed by atoms with Crippen LogP contribution in [0.15, 0.2) is 30.5 Å². The second-order valence-electron chi connectivity index (χ2n) is 9.45. The third-order valence-electron chi connectivity index (χ3n) is 7.41. The summed E-state index contributed by atoms with van der Waals surface area (Å²) in [4.78, 5) is 23.3. The van der Waals surface area contributed by atoms with E-state index in [4.69, 9.17) is 22.1 Å². The summed E-state index contributed by atoms with van der Waals surface area (Å²) in [5.41, 5.74) is 8.95. The molecule has 0 radical (unpaired) electrons. The molecule has 1 aliphatic heterocycles. The van der Waals surface area contributed by atoms with Crippen LogP contribution < -0.4 is 21.1 Å². The number of β-amino-alcohol motifs (C(OH)–C–C–N with tert-alkyl or cyclic N) is 1. The van der Waals surface area contributed by atoms with Gasteiger partial charge in [0, 0.05) is 25.7 Å². The molecular formula is C25H31ClN6O3. The first kappa shape index (κ1) is 23.8. The number of halogens is 1. The third kappa shape index (κ3) is 4.80. The van der Waals surface area contributed by atoms with Gasteiger partial charge in [0.15, 0.2) is 5.82 Å². The van der Waals surface area contributed by atoms with Gasteiger partial charge >= 0.3 is 0 Å². The molecule has 1 aromatic carbocycles. The molecule has 1 fully saturated rings. The lowest BCUT2D eigenvalue weighted by molar-refractivity contribution is -0.122. The Hall–Kier alpha value is -2.88. The Bertz CT molecular complexity index is 1140. The minimum absolute atomic E-state index is 0.147. The number of carbonyl (C=O) groups excluding carboxylic acids is 1. The minimum atomic E-state index is -0.310. The number of nitrogens with two attached hydrogens (primary N) is 1. The van der Waals surface area contributed by atoms with E-state index >= 15 is 0 Å². The first-order chi connectivity index (χ1) is 17.0. The highest BCUT2D eigenvalue weighted by molar-refractivity contribution is 6.32. The van der Waals surface area contributed by atoms with E-state index in [-0.39, 0.29) is 36.3 Å². The van der Waals surface area contributed by atoms with Crippen LogP contribution in [0.25, 0.3) is 0 Å². The standard InChI is InChI=1S/C25H31ClN6O3/c1-35-20-12-15-5-7-32(8-9-33)6-4-14(15)11-19(20)29-25-28-13-18(26)24(31-25)30-22-17-3-2-16(10-17)21(22)23(27)34/h2-3,11-13,16-17,21-22,33H,4-10H2,1H3,(H2,27,34)(H2,28,29,30,31)/t16-,17+,21+,22-/m1/s1. The summed E-state index contributed by atoms with van der Waals surface area (Å²) in [6, 6.07) is 4.01. The Morgan fingerprint density at radius 2 is 2.00 bits per heavy atom. The molecule has 186 valence electrons. The van der Waals surface area contributed by atoms with Crippen molar-refractivity contribution in [3.63, 3.8) is 0 Å². The number of aliphatic hydroxyl groups excluding tert-OH is 1. The fourth-order valence-electron chi connectivity index (χ4n) is 5.65. The number of fused-ring (bicyclic) bond motifs is 3. The number of primary amides is 1. The second kappa shape index (κ2) is 10.0. The van der Waals surface area contributed by atoms with E-state index in [1.807, 2.05) is 0 Å². The zero-order valence-corrected chi connectivity index (χ0v) is 20.5. The zero-order chi connectivity index (χ0) is 24.5. The molecule has 2 aliphatic carbocycles. The van der Waals surface area contributed by atoms with Crippen LogP contribution in [0.3, 0.4) is 0 Å². The molecule has 1 aromatic heterocycles. The average molecular weight is 499 g/mol. The van der Waals surface area contributed by atoms with Crippen LogP contribution in [-0.4, -0.2) is 65.3 Å². The van der Waals surface area contributed by atoms with E-state index in [9.17, 15) is 9.90 Å². The maximum atomic E-state index is 12.1. The molecule has 2 heterocycles. The summed E-state index contributed by atoms with van der Waals surface area (Å²) in [6.45, 7) is 2.64. The van der Waals surface area contributed by atoms with Crippen molar-refractivity contribution in [1.82, 2.24) is 14.9 Å². The topological polar surface area (TPSA) is 126 Å². The molecule has 2 bridgehead atoms. The van der Waals surface area contributed by atoms with Gasteiger partial charge in [0.2, 0.25) is 11.9 Å². The molecular weight excluding hydrogens is 468 g/mol. The van der Waals surface area contributed by atoms with Gasteiger partial charge in [0.25, 0.3) is 0 Å². The smallest absolute Gasteiger partial charge is 0.229 e. The number of nitrogens with one attached hydrogen (secondary N) is 2. The van der Waals surface area contributed by atoms with E-state index in [1.54, 1.807) is 13.3 Å². The summed E-state index contributed by atoms with van der Waals surface area (Å²) >= 11 is 6.42. The summed E-state index contributed by atoms with van der Waals surface area (Å²) in [7, 11) is 1.64. The average Bonchev–Trinajstić information content (AvgIpc) is 3.39. The Balaban J connectivity index is 1.37. The van der Waals surface area contributed by atoms with Crippen LogP contribution >= 0.6 is 11.6 Å². The number of anilines is 3. The largest absolute Gasteiger partial charge is 0.495 e. The number of aliphatic hydroxyl groups is 1. The number of hydrogen-bond donors (Lipinski definition) is 4. The van der Waals surface area contributed by atoms with Crippen molar-refractivity contribution in [2.24, 2.45) is 23.5 Å². The maximum absolute atomic E-state index is 12.1. The number of methoxy groups -OCH3 is 1. The Morgan fingerprint density at radius 1 is 1.26 bits per heavy atom. The molecule has 2 aromatic rings. The van der Waals surface area contributed by atoms with E-state index in [0.29, 0.717) is 29.1 Å². The molecule has 5 N–H and O–H groups in total. The Labute approximate surface area is 209 Å². The number of benzene rings is 1. The predicted octanol–water partition coefficient (Wildman–Crippen LogP) is 2.36. The van der Waals surface area contributed by atoms with Gasteiger partial charge in [-0.3, -0.25) is 4.79 Å². The second-order valence-corrected chi connectivity index (χ2v) is 9.86. The van der Waals surface area contributed by atoms with Gasteiger partial charge in [-0.1, -0.05) is 23.8 Å². The fraction of sp³-hybridized carbons (Fsp3) is 0.480. The van der Waals surface area contributed by atoms with Gasteiger partial charge in [-0.05, 0) is 54.4 Å². The van der Waals surface area contributed by atoms with Gasteiger partial charge in [-0.2, -0.15) is 4.98 Å². The van der Waals surface area contributed by atoms with Crippen molar-refractivity contribution in [2.75, 3.05) is 44.0 Å². The van der Waals surface area contributed by atoms with Crippen molar-refractivity contribution in [3.05, 3.63) is 46.6 Å². The van der Waals surface area contributed by atoms with E-state index in [0.717, 1.165) is 38.0 Å². The first-order valence-electron chi connectivity index (χ1n) is 12.0. The van der Waals surface area contributed by atoms with E-state index in [2.05, 4.69) is 49.8 Å². The van der Waals surface area contributed by atoms with Crippen molar-refractivity contribution in [2.45, 2.75) is 25.3 Å². The van der Waals surface area contributed by atoms with Crippen LogP contribution in [0.2, 0.25) is 5.02 Å². The number of allylic oxidation sites excluding steroid dienone is 1. The Kier molecular flexibility index (Phi) is 6.82. The van der Waals surface area contributed by atoms with Crippen molar-refractivity contribution < 1.29 is 14.6 Å². The fourth-order valence-corrected chi connectivity index (χ4v) is 5.79. The normalized spacial score (nSPS) is 25.2. The lowest BCUT2D eigenvalue weighted by Gasteiger charge is -2.27. The molecule has 1 saturated carbocycles. The SMILES string of the molecule is COc1cc2c(cc1Nc1ncc(Cl)c(N[C@H]3[C@@H](C(N)=O)[C@@H]4C=C[C@H]3C4)n1)CCN(CCO)CC2. The zero-order valence-electron chi connectivity index (χ0n) is 19.7. The summed E-state index contributed by atoms with van der Waals surface area (Å²) in [5, 5.41) is 16.3. The van der Waals surface area contributed by atoms with Crippen LogP contribution in [0.5, 0.6) is 5.75 Å². The highest BCUT2D eigenvalue weighted by atomic mass is 35.5. The number of rotatable bonds is 8. The highest BCUT2D eigenvalue weighted by Crippen LogP contribution is 2.45. The van der Waals surface area contributed by atoms with Crippen LogP contribution in [0, 0.1) is 17.8 Å². The van der Waals surface area contributed by atoms with Gasteiger partial charge in [-0.15, -0.1) is 0 Å². The molecule has 10 heteroatoms. The first-order valence-corrected chi connectivity index (χ1v) is 12.4.